The van der Waals surface area contributed by atoms with Crippen LogP contribution in [0.5, 0.6) is 0 Å². The summed E-state index contributed by atoms with van der Waals surface area (Å²) in [5.41, 5.74) is 1.90. The zero-order valence-corrected chi connectivity index (χ0v) is 11.5. The van der Waals surface area contributed by atoms with Gasteiger partial charge >= 0.3 is 0 Å². The number of carbonyl (C=O) groups is 1. The molecule has 0 saturated carbocycles. The molecule has 0 aliphatic heterocycles. The summed E-state index contributed by atoms with van der Waals surface area (Å²) in [6.07, 6.45) is 1.61. The highest BCUT2D eigenvalue weighted by atomic mass is 16.3. The number of hydrogen-bond donors (Lipinski definition) is 1. The third kappa shape index (κ3) is 3.25. The van der Waals surface area contributed by atoms with Crippen molar-refractivity contribution in [3.05, 3.63) is 59.5 Å². The number of furan rings is 1. The lowest BCUT2D eigenvalue weighted by Gasteiger charge is -2.12. The second kappa shape index (κ2) is 5.74. The van der Waals surface area contributed by atoms with Crippen molar-refractivity contribution < 1.29 is 9.21 Å². The molecule has 0 aliphatic carbocycles. The molecule has 100 valence electrons. The van der Waals surface area contributed by atoms with Crippen LogP contribution in [-0.4, -0.2) is 5.91 Å². The van der Waals surface area contributed by atoms with Gasteiger partial charge in [-0.25, -0.2) is 0 Å². The summed E-state index contributed by atoms with van der Waals surface area (Å²) in [7, 11) is 0. The average molecular weight is 257 g/mol. The summed E-state index contributed by atoms with van der Waals surface area (Å²) in [5.74, 6) is 1.14. The third-order valence-electron chi connectivity index (χ3n) is 3.16. The van der Waals surface area contributed by atoms with Crippen molar-refractivity contribution >= 4 is 5.91 Å². The van der Waals surface area contributed by atoms with Gasteiger partial charge in [0, 0.05) is 5.56 Å². The first-order valence-corrected chi connectivity index (χ1v) is 6.52. The van der Waals surface area contributed by atoms with E-state index in [1.165, 1.54) is 5.56 Å². The van der Waals surface area contributed by atoms with Crippen LogP contribution in [0.15, 0.2) is 47.1 Å². The highest BCUT2D eigenvalue weighted by molar-refractivity contribution is 5.94. The minimum absolute atomic E-state index is 0.0841. The summed E-state index contributed by atoms with van der Waals surface area (Å²) in [6, 6.07) is 11.3. The Kier molecular flexibility index (Phi) is 4.05. The van der Waals surface area contributed by atoms with Gasteiger partial charge in [0.05, 0.1) is 12.3 Å². The Morgan fingerprint density at radius 3 is 2.32 bits per heavy atom. The average Bonchev–Trinajstić information content (AvgIpc) is 2.92. The molecule has 2 aromatic rings. The Morgan fingerprint density at radius 1 is 1.11 bits per heavy atom. The molecule has 0 spiro atoms. The molecule has 1 aromatic heterocycles. The molecule has 0 saturated heterocycles. The maximum Gasteiger partial charge on any atom is 0.251 e. The zero-order chi connectivity index (χ0) is 13.8. The molecular weight excluding hydrogens is 238 g/mol. The van der Waals surface area contributed by atoms with E-state index in [0.29, 0.717) is 11.5 Å². The molecule has 0 bridgehead atoms. The van der Waals surface area contributed by atoms with E-state index in [1.54, 1.807) is 6.26 Å². The first kappa shape index (κ1) is 13.4. The number of nitrogens with one attached hydrogen (secondary N) is 1. The van der Waals surface area contributed by atoms with Gasteiger partial charge in [-0.2, -0.15) is 0 Å². The van der Waals surface area contributed by atoms with Crippen molar-refractivity contribution in [3.8, 4) is 0 Å². The third-order valence-corrected chi connectivity index (χ3v) is 3.16. The van der Waals surface area contributed by atoms with Crippen LogP contribution in [0.3, 0.4) is 0 Å². The van der Waals surface area contributed by atoms with Crippen LogP contribution < -0.4 is 5.32 Å². The van der Waals surface area contributed by atoms with Crippen molar-refractivity contribution in [1.82, 2.24) is 5.32 Å². The van der Waals surface area contributed by atoms with Gasteiger partial charge in [0.15, 0.2) is 0 Å². The summed E-state index contributed by atoms with van der Waals surface area (Å²) in [5, 5.41) is 2.91. The van der Waals surface area contributed by atoms with Gasteiger partial charge in [-0.05, 0) is 42.7 Å². The molecular formula is C16H19NO2. The lowest BCUT2D eigenvalue weighted by Crippen LogP contribution is -2.26. The van der Waals surface area contributed by atoms with Crippen LogP contribution in [0.4, 0.5) is 0 Å². The van der Waals surface area contributed by atoms with E-state index in [2.05, 4.69) is 19.2 Å². The Morgan fingerprint density at radius 2 is 1.79 bits per heavy atom. The summed E-state index contributed by atoms with van der Waals surface area (Å²) in [6.45, 7) is 6.17. The van der Waals surface area contributed by atoms with Crippen molar-refractivity contribution in [2.24, 2.45) is 0 Å². The minimum atomic E-state index is -0.132. The lowest BCUT2D eigenvalue weighted by atomic mass is 10.0. The molecule has 1 atom stereocenters. The topological polar surface area (TPSA) is 42.2 Å². The molecule has 0 unspecified atom stereocenters. The first-order valence-electron chi connectivity index (χ1n) is 6.52. The summed E-state index contributed by atoms with van der Waals surface area (Å²) >= 11 is 0. The Bertz CT molecular complexity index is 526. The fraction of sp³-hybridized carbons (Fsp3) is 0.312. The van der Waals surface area contributed by atoms with Crippen LogP contribution in [0.1, 0.15) is 54.4 Å². The predicted octanol–water partition coefficient (Wildman–Crippen LogP) is 3.89. The minimum Gasteiger partial charge on any atom is -0.467 e. The van der Waals surface area contributed by atoms with Gasteiger partial charge in [0.1, 0.15) is 5.76 Å². The molecule has 0 aliphatic rings. The van der Waals surface area contributed by atoms with E-state index in [-0.39, 0.29) is 11.9 Å². The van der Waals surface area contributed by atoms with E-state index in [9.17, 15) is 4.79 Å². The highest BCUT2D eigenvalue weighted by Crippen LogP contribution is 2.16. The number of benzene rings is 1. The lowest BCUT2D eigenvalue weighted by molar-refractivity contribution is 0.0935. The number of hydrogen-bond acceptors (Lipinski definition) is 2. The van der Waals surface area contributed by atoms with Crippen molar-refractivity contribution in [2.45, 2.75) is 32.7 Å². The molecule has 0 radical (unpaired) electrons. The maximum atomic E-state index is 12.1. The normalized spacial score (nSPS) is 12.4. The maximum absolute atomic E-state index is 12.1. The van der Waals surface area contributed by atoms with Crippen molar-refractivity contribution in [3.63, 3.8) is 0 Å². The van der Waals surface area contributed by atoms with Crippen LogP contribution in [0, 0.1) is 0 Å². The number of rotatable bonds is 4. The Hall–Kier alpha value is -2.03. The molecule has 1 aromatic carbocycles. The fourth-order valence-corrected chi connectivity index (χ4v) is 1.91. The zero-order valence-electron chi connectivity index (χ0n) is 11.5. The SMILES string of the molecule is CC(C)c1ccc(C(=O)N[C@H](C)c2ccco2)cc1. The van der Waals surface area contributed by atoms with Gasteiger partial charge in [0.2, 0.25) is 0 Å². The standard InChI is InChI=1S/C16H19NO2/c1-11(2)13-6-8-14(9-7-13)16(18)17-12(3)15-5-4-10-19-15/h4-12H,1-3H3,(H,17,18)/t12-/m1/s1. The van der Waals surface area contributed by atoms with E-state index in [4.69, 9.17) is 4.42 Å². The van der Waals surface area contributed by atoms with Crippen LogP contribution in [0.25, 0.3) is 0 Å². The van der Waals surface area contributed by atoms with Crippen LogP contribution in [-0.2, 0) is 0 Å². The van der Waals surface area contributed by atoms with Gasteiger partial charge in [-0.15, -0.1) is 0 Å². The summed E-state index contributed by atoms with van der Waals surface area (Å²) < 4.78 is 5.27. The van der Waals surface area contributed by atoms with Crippen molar-refractivity contribution in [1.29, 1.82) is 0 Å². The summed E-state index contributed by atoms with van der Waals surface area (Å²) in [4.78, 5) is 12.1. The second-order valence-electron chi connectivity index (χ2n) is 4.99. The molecule has 3 heteroatoms. The monoisotopic (exact) mass is 257 g/mol. The van der Waals surface area contributed by atoms with Gasteiger partial charge in [0.25, 0.3) is 5.91 Å². The molecule has 19 heavy (non-hydrogen) atoms. The molecule has 3 nitrogen and oxygen atoms in total. The van der Waals surface area contributed by atoms with Crippen molar-refractivity contribution in [2.75, 3.05) is 0 Å². The second-order valence-corrected chi connectivity index (χ2v) is 4.99. The van der Waals surface area contributed by atoms with Crippen LogP contribution >= 0.6 is 0 Å². The van der Waals surface area contributed by atoms with E-state index < -0.39 is 0 Å². The van der Waals surface area contributed by atoms with Crippen LogP contribution in [0.2, 0.25) is 0 Å². The van der Waals surface area contributed by atoms with Gasteiger partial charge in [-0.3, -0.25) is 4.79 Å². The van der Waals surface area contributed by atoms with E-state index >= 15 is 0 Å². The number of carbonyl (C=O) groups excluding carboxylic acids is 1. The van der Waals surface area contributed by atoms with E-state index in [1.807, 2.05) is 43.3 Å². The molecule has 1 N–H and O–H groups in total. The quantitative estimate of drug-likeness (QED) is 0.902. The molecule has 1 amide bonds. The highest BCUT2D eigenvalue weighted by Gasteiger charge is 2.13. The largest absolute Gasteiger partial charge is 0.467 e. The fourth-order valence-electron chi connectivity index (χ4n) is 1.91. The van der Waals surface area contributed by atoms with Gasteiger partial charge in [-0.1, -0.05) is 26.0 Å². The Balaban J connectivity index is 2.03. The van der Waals surface area contributed by atoms with E-state index in [0.717, 1.165) is 5.76 Å². The number of amides is 1. The first-order chi connectivity index (χ1) is 9.08. The Labute approximate surface area is 113 Å². The predicted molar refractivity (Wildman–Crippen MR) is 75.1 cm³/mol. The van der Waals surface area contributed by atoms with Gasteiger partial charge < -0.3 is 9.73 Å². The molecule has 0 fully saturated rings. The molecule has 1 heterocycles. The smallest absolute Gasteiger partial charge is 0.251 e. The molecule has 2 rings (SSSR count).